The van der Waals surface area contributed by atoms with Gasteiger partial charge in [0, 0.05) is 26.1 Å². The number of rotatable bonds is 4. The molecule has 1 aromatic heterocycles. The lowest BCUT2D eigenvalue weighted by molar-refractivity contribution is 0.375. The number of nitrogens with two attached hydrogens (primary N) is 1. The third-order valence-corrected chi connectivity index (χ3v) is 3.28. The van der Waals surface area contributed by atoms with Gasteiger partial charge < -0.3 is 15.1 Å². The maximum Gasteiger partial charge on any atom is 0.318 e. The van der Waals surface area contributed by atoms with E-state index in [0.29, 0.717) is 24.9 Å². The molecule has 1 fully saturated rings. The van der Waals surface area contributed by atoms with Gasteiger partial charge in [-0.25, -0.2) is 0 Å². The maximum absolute atomic E-state index is 5.56. The Kier molecular flexibility index (Phi) is 3.77. The predicted molar refractivity (Wildman–Crippen MR) is 62.3 cm³/mol. The van der Waals surface area contributed by atoms with E-state index in [1.165, 1.54) is 19.3 Å². The quantitative estimate of drug-likeness (QED) is 0.832. The number of nitrogens with zero attached hydrogens (tertiary/aromatic N) is 3. The summed E-state index contributed by atoms with van der Waals surface area (Å²) in [7, 11) is 0. The highest BCUT2D eigenvalue weighted by molar-refractivity contribution is 5.24. The number of anilines is 1. The van der Waals surface area contributed by atoms with Crippen LogP contribution in [0.2, 0.25) is 0 Å². The Morgan fingerprint density at radius 1 is 1.38 bits per heavy atom. The average molecular weight is 224 g/mol. The lowest BCUT2D eigenvalue weighted by atomic mass is 9.95. The summed E-state index contributed by atoms with van der Waals surface area (Å²) < 4.78 is 5.56. The summed E-state index contributed by atoms with van der Waals surface area (Å²) in [5.74, 6) is 1.51. The van der Waals surface area contributed by atoms with Crippen LogP contribution in [-0.2, 0) is 6.42 Å². The molecule has 0 spiro atoms. The van der Waals surface area contributed by atoms with Crippen LogP contribution < -0.4 is 10.6 Å². The Bertz CT molecular complexity index is 318. The van der Waals surface area contributed by atoms with Gasteiger partial charge in [0.25, 0.3) is 0 Å². The molecule has 2 rings (SSSR count). The highest BCUT2D eigenvalue weighted by Crippen LogP contribution is 2.23. The first-order valence-electron chi connectivity index (χ1n) is 6.11. The zero-order chi connectivity index (χ0) is 11.4. The van der Waals surface area contributed by atoms with Crippen molar-refractivity contribution in [2.75, 3.05) is 24.5 Å². The Balaban J connectivity index is 1.92. The average Bonchev–Trinajstić information content (AvgIpc) is 2.78. The van der Waals surface area contributed by atoms with Gasteiger partial charge in [0.2, 0.25) is 5.89 Å². The van der Waals surface area contributed by atoms with Crippen LogP contribution in [0.1, 0.15) is 32.1 Å². The minimum atomic E-state index is 0.555. The Morgan fingerprint density at radius 3 is 2.75 bits per heavy atom. The van der Waals surface area contributed by atoms with E-state index in [4.69, 9.17) is 10.2 Å². The molecular formula is C11H20N4O. The van der Waals surface area contributed by atoms with Crippen molar-refractivity contribution in [1.82, 2.24) is 10.2 Å². The second kappa shape index (κ2) is 5.30. The molecule has 0 aliphatic carbocycles. The molecule has 1 aliphatic heterocycles. The molecular weight excluding hydrogens is 204 g/mol. The number of aromatic nitrogens is 2. The van der Waals surface area contributed by atoms with Crippen LogP contribution in [-0.4, -0.2) is 29.8 Å². The fourth-order valence-corrected chi connectivity index (χ4v) is 2.13. The van der Waals surface area contributed by atoms with Crippen molar-refractivity contribution in [2.45, 2.75) is 32.6 Å². The third-order valence-electron chi connectivity index (χ3n) is 3.28. The first kappa shape index (κ1) is 11.4. The Hall–Kier alpha value is -1.10. The van der Waals surface area contributed by atoms with Crippen LogP contribution in [0, 0.1) is 5.92 Å². The molecule has 0 saturated carbocycles. The van der Waals surface area contributed by atoms with E-state index in [9.17, 15) is 0 Å². The molecule has 90 valence electrons. The van der Waals surface area contributed by atoms with Crippen molar-refractivity contribution in [3.8, 4) is 0 Å². The summed E-state index contributed by atoms with van der Waals surface area (Å²) in [5.41, 5.74) is 5.44. The first-order valence-corrected chi connectivity index (χ1v) is 6.11. The molecule has 2 N–H and O–H groups in total. The lowest BCUT2D eigenvalue weighted by Gasteiger charge is -2.29. The van der Waals surface area contributed by atoms with Gasteiger partial charge in [0.05, 0.1) is 0 Å². The molecule has 0 aromatic carbocycles. The van der Waals surface area contributed by atoms with E-state index in [0.717, 1.165) is 19.0 Å². The van der Waals surface area contributed by atoms with Gasteiger partial charge in [-0.3, -0.25) is 0 Å². The van der Waals surface area contributed by atoms with Crippen molar-refractivity contribution in [3.63, 3.8) is 0 Å². The van der Waals surface area contributed by atoms with Crippen LogP contribution in [0.5, 0.6) is 0 Å². The Labute approximate surface area is 96.0 Å². The lowest BCUT2D eigenvalue weighted by Crippen LogP contribution is -2.33. The number of hydrogen-bond acceptors (Lipinski definition) is 5. The van der Waals surface area contributed by atoms with E-state index in [-0.39, 0.29) is 0 Å². The van der Waals surface area contributed by atoms with E-state index in [1.807, 2.05) is 0 Å². The highest BCUT2D eigenvalue weighted by Gasteiger charge is 2.21. The van der Waals surface area contributed by atoms with Gasteiger partial charge in [-0.1, -0.05) is 18.4 Å². The third kappa shape index (κ3) is 2.52. The van der Waals surface area contributed by atoms with Crippen LogP contribution in [0.15, 0.2) is 4.42 Å². The van der Waals surface area contributed by atoms with Gasteiger partial charge in [0.1, 0.15) is 0 Å². The van der Waals surface area contributed by atoms with E-state index >= 15 is 0 Å². The number of hydrogen-bond donors (Lipinski definition) is 1. The summed E-state index contributed by atoms with van der Waals surface area (Å²) in [4.78, 5) is 2.18. The van der Waals surface area contributed by atoms with Crippen LogP contribution in [0.4, 0.5) is 6.01 Å². The van der Waals surface area contributed by atoms with E-state index in [1.54, 1.807) is 0 Å². The second-order valence-corrected chi connectivity index (χ2v) is 4.36. The molecule has 0 radical (unpaired) electrons. The summed E-state index contributed by atoms with van der Waals surface area (Å²) >= 11 is 0. The minimum absolute atomic E-state index is 0.555. The molecule has 16 heavy (non-hydrogen) atoms. The summed E-state index contributed by atoms with van der Waals surface area (Å²) in [5, 5.41) is 8.05. The zero-order valence-electron chi connectivity index (χ0n) is 9.85. The fourth-order valence-electron chi connectivity index (χ4n) is 2.13. The van der Waals surface area contributed by atoms with Gasteiger partial charge in [0.15, 0.2) is 0 Å². The Morgan fingerprint density at radius 2 is 2.12 bits per heavy atom. The molecule has 1 aliphatic rings. The van der Waals surface area contributed by atoms with Gasteiger partial charge in [-0.2, -0.15) is 0 Å². The molecule has 1 aromatic rings. The molecule has 0 unspecified atom stereocenters. The SMILES string of the molecule is CCC1CCN(c2nnc(CCN)o2)CC1. The van der Waals surface area contributed by atoms with Gasteiger partial charge in [-0.05, 0) is 18.8 Å². The van der Waals surface area contributed by atoms with Crippen LogP contribution in [0.25, 0.3) is 0 Å². The zero-order valence-corrected chi connectivity index (χ0v) is 9.85. The van der Waals surface area contributed by atoms with E-state index < -0.39 is 0 Å². The largest absolute Gasteiger partial charge is 0.408 e. The molecule has 5 nitrogen and oxygen atoms in total. The molecule has 0 atom stereocenters. The van der Waals surface area contributed by atoms with Crippen molar-refractivity contribution in [2.24, 2.45) is 11.7 Å². The molecule has 0 bridgehead atoms. The van der Waals surface area contributed by atoms with E-state index in [2.05, 4.69) is 22.0 Å². The predicted octanol–water partition coefficient (Wildman–Crippen LogP) is 1.20. The standard InChI is InChI=1S/C11H20N4O/c1-2-9-4-7-15(8-5-9)11-14-13-10(16-11)3-6-12/h9H,2-8,12H2,1H3. The van der Waals surface area contributed by atoms with Gasteiger partial charge in [-0.15, -0.1) is 5.10 Å². The summed E-state index contributed by atoms with van der Waals surface area (Å²) in [6, 6.07) is 0.665. The summed E-state index contributed by atoms with van der Waals surface area (Å²) in [6.07, 6.45) is 4.39. The molecule has 1 saturated heterocycles. The van der Waals surface area contributed by atoms with Crippen LogP contribution in [0.3, 0.4) is 0 Å². The molecule has 5 heteroatoms. The normalized spacial score (nSPS) is 18.0. The van der Waals surface area contributed by atoms with Crippen molar-refractivity contribution >= 4 is 6.01 Å². The van der Waals surface area contributed by atoms with Gasteiger partial charge >= 0.3 is 6.01 Å². The molecule has 0 amide bonds. The fraction of sp³-hybridized carbons (Fsp3) is 0.818. The summed E-state index contributed by atoms with van der Waals surface area (Å²) in [6.45, 7) is 4.87. The van der Waals surface area contributed by atoms with Crippen molar-refractivity contribution in [1.29, 1.82) is 0 Å². The minimum Gasteiger partial charge on any atom is -0.408 e. The second-order valence-electron chi connectivity index (χ2n) is 4.36. The topological polar surface area (TPSA) is 68.2 Å². The van der Waals surface area contributed by atoms with Crippen molar-refractivity contribution < 1.29 is 4.42 Å². The first-order chi connectivity index (χ1) is 7.83. The van der Waals surface area contributed by atoms with Crippen molar-refractivity contribution in [3.05, 3.63) is 5.89 Å². The smallest absolute Gasteiger partial charge is 0.318 e. The number of piperidine rings is 1. The van der Waals surface area contributed by atoms with Crippen LogP contribution >= 0.6 is 0 Å². The molecule has 2 heterocycles. The monoisotopic (exact) mass is 224 g/mol. The highest BCUT2D eigenvalue weighted by atomic mass is 16.4. The maximum atomic E-state index is 5.56.